The van der Waals surface area contributed by atoms with Crippen molar-refractivity contribution in [3.05, 3.63) is 53.1 Å². The predicted molar refractivity (Wildman–Crippen MR) is 94.5 cm³/mol. The van der Waals surface area contributed by atoms with Crippen LogP contribution in [0.3, 0.4) is 0 Å². The Kier molecular flexibility index (Phi) is 5.51. The summed E-state index contributed by atoms with van der Waals surface area (Å²) in [4.78, 5) is 12.4. The second kappa shape index (κ2) is 7.23. The molecule has 0 aliphatic heterocycles. The highest BCUT2D eigenvalue weighted by molar-refractivity contribution is 7.90. The molecular weight excluding hydrogens is 350 g/mol. The predicted octanol–water partition coefficient (Wildman–Crippen LogP) is 3.46. The smallest absolute Gasteiger partial charge is 0.265 e. The van der Waals surface area contributed by atoms with Gasteiger partial charge < -0.3 is 10.1 Å². The van der Waals surface area contributed by atoms with Gasteiger partial charge in [0.05, 0.1) is 4.90 Å². The molecule has 24 heavy (non-hydrogen) atoms. The molecule has 0 aliphatic carbocycles. The number of hydrogen-bond acceptors (Lipinski definition) is 4. The molecule has 0 radical (unpaired) electrons. The molecule has 1 amide bonds. The van der Waals surface area contributed by atoms with E-state index in [4.69, 9.17) is 16.3 Å². The average Bonchev–Trinajstić information content (AvgIpc) is 2.49. The van der Waals surface area contributed by atoms with Crippen molar-refractivity contribution in [1.29, 1.82) is 0 Å². The Bertz CT molecular complexity index is 847. The van der Waals surface area contributed by atoms with Crippen LogP contribution in [0.4, 0.5) is 5.69 Å². The summed E-state index contributed by atoms with van der Waals surface area (Å²) in [6.45, 7) is 3.48. The van der Waals surface area contributed by atoms with E-state index in [9.17, 15) is 13.2 Å². The summed E-state index contributed by atoms with van der Waals surface area (Å²) >= 11 is 5.89. The molecule has 5 nitrogen and oxygen atoms in total. The Labute approximate surface area is 146 Å². The molecule has 1 N–H and O–H groups in total. The molecule has 0 bridgehead atoms. The first-order valence-corrected chi connectivity index (χ1v) is 9.47. The van der Waals surface area contributed by atoms with E-state index in [-0.39, 0.29) is 10.8 Å². The van der Waals surface area contributed by atoms with Gasteiger partial charge in [-0.25, -0.2) is 8.42 Å². The van der Waals surface area contributed by atoms with E-state index in [0.717, 1.165) is 11.8 Å². The lowest BCUT2D eigenvalue weighted by atomic mass is 10.2. The number of rotatable bonds is 5. The van der Waals surface area contributed by atoms with Crippen LogP contribution >= 0.6 is 11.6 Å². The molecule has 0 saturated carbocycles. The minimum absolute atomic E-state index is 0.196. The van der Waals surface area contributed by atoms with Gasteiger partial charge in [0.15, 0.2) is 15.9 Å². The van der Waals surface area contributed by atoms with Crippen molar-refractivity contribution in [2.24, 2.45) is 0 Å². The fourth-order valence-corrected chi connectivity index (χ4v) is 2.88. The van der Waals surface area contributed by atoms with Crippen molar-refractivity contribution in [3.8, 4) is 5.75 Å². The number of nitrogens with one attached hydrogen (secondary N) is 1. The number of carbonyl (C=O) groups is 1. The Morgan fingerprint density at radius 2 is 1.79 bits per heavy atom. The van der Waals surface area contributed by atoms with Crippen molar-refractivity contribution in [2.45, 2.75) is 24.8 Å². The Morgan fingerprint density at radius 3 is 2.33 bits per heavy atom. The zero-order chi connectivity index (χ0) is 17.9. The maximum absolute atomic E-state index is 12.2. The summed E-state index contributed by atoms with van der Waals surface area (Å²) in [7, 11) is -3.26. The van der Waals surface area contributed by atoms with Gasteiger partial charge in [0, 0.05) is 17.0 Å². The molecule has 0 heterocycles. The summed E-state index contributed by atoms with van der Waals surface area (Å²) in [6, 6.07) is 11.1. The number of sulfone groups is 1. The van der Waals surface area contributed by atoms with Crippen LogP contribution in [0.5, 0.6) is 5.75 Å². The first-order valence-electron chi connectivity index (χ1n) is 7.20. The van der Waals surface area contributed by atoms with E-state index >= 15 is 0 Å². The molecular formula is C17H18ClNO4S. The molecule has 1 atom stereocenters. The number of aryl methyl sites for hydroxylation is 1. The van der Waals surface area contributed by atoms with Gasteiger partial charge in [0.25, 0.3) is 5.91 Å². The Balaban J connectivity index is 2.03. The number of anilines is 1. The SMILES string of the molecule is Cc1cc(Cl)ccc1OC(C)C(=O)Nc1ccc(S(C)(=O)=O)cc1. The third kappa shape index (κ3) is 4.72. The van der Waals surface area contributed by atoms with Crippen LogP contribution < -0.4 is 10.1 Å². The first kappa shape index (κ1) is 18.3. The van der Waals surface area contributed by atoms with Crippen LogP contribution in [0.25, 0.3) is 0 Å². The minimum atomic E-state index is -3.26. The molecule has 128 valence electrons. The van der Waals surface area contributed by atoms with Gasteiger partial charge >= 0.3 is 0 Å². The fourth-order valence-electron chi connectivity index (χ4n) is 2.02. The van der Waals surface area contributed by atoms with Crippen molar-refractivity contribution in [3.63, 3.8) is 0 Å². The third-order valence-electron chi connectivity index (χ3n) is 3.36. The summed E-state index contributed by atoms with van der Waals surface area (Å²) in [6.07, 6.45) is 0.407. The number of carbonyl (C=O) groups excluding carboxylic acids is 1. The lowest BCUT2D eigenvalue weighted by molar-refractivity contribution is -0.122. The zero-order valence-electron chi connectivity index (χ0n) is 13.5. The molecule has 2 aromatic rings. The van der Waals surface area contributed by atoms with Crippen LogP contribution in [-0.4, -0.2) is 26.7 Å². The van der Waals surface area contributed by atoms with Crippen molar-refractivity contribution in [1.82, 2.24) is 0 Å². The normalized spacial score (nSPS) is 12.5. The molecule has 2 aromatic carbocycles. The highest BCUT2D eigenvalue weighted by Gasteiger charge is 2.16. The van der Waals surface area contributed by atoms with Gasteiger partial charge in [0.2, 0.25) is 0 Å². The van der Waals surface area contributed by atoms with Crippen LogP contribution in [0.2, 0.25) is 5.02 Å². The zero-order valence-corrected chi connectivity index (χ0v) is 15.1. The molecule has 7 heteroatoms. The molecule has 0 fully saturated rings. The van der Waals surface area contributed by atoms with Gasteiger partial charge in [-0.3, -0.25) is 4.79 Å². The average molecular weight is 368 g/mol. The topological polar surface area (TPSA) is 72.5 Å². The highest BCUT2D eigenvalue weighted by atomic mass is 35.5. The number of halogens is 1. The van der Waals surface area contributed by atoms with Crippen molar-refractivity contribution < 1.29 is 17.9 Å². The minimum Gasteiger partial charge on any atom is -0.481 e. The van der Waals surface area contributed by atoms with Gasteiger partial charge in [-0.05, 0) is 61.9 Å². The number of hydrogen-bond donors (Lipinski definition) is 1. The second-order valence-electron chi connectivity index (χ2n) is 5.46. The summed E-state index contributed by atoms with van der Waals surface area (Å²) in [5.41, 5.74) is 1.33. The van der Waals surface area contributed by atoms with Crippen molar-refractivity contribution in [2.75, 3.05) is 11.6 Å². The maximum atomic E-state index is 12.2. The van der Waals surface area contributed by atoms with Gasteiger partial charge in [0.1, 0.15) is 5.75 Å². The lowest BCUT2D eigenvalue weighted by Crippen LogP contribution is -2.30. The largest absolute Gasteiger partial charge is 0.481 e. The fraction of sp³-hybridized carbons (Fsp3) is 0.235. The molecule has 0 aliphatic rings. The van der Waals surface area contributed by atoms with Crippen molar-refractivity contribution >= 4 is 33.0 Å². The standard InChI is InChI=1S/C17H18ClNO4S/c1-11-10-13(18)4-9-16(11)23-12(2)17(20)19-14-5-7-15(8-6-14)24(3,21)22/h4-10,12H,1-3H3,(H,19,20). The van der Waals surface area contributed by atoms with Gasteiger partial charge in [-0.15, -0.1) is 0 Å². The van der Waals surface area contributed by atoms with Crippen LogP contribution in [0, 0.1) is 6.92 Å². The van der Waals surface area contributed by atoms with Crippen LogP contribution in [0.15, 0.2) is 47.4 Å². The highest BCUT2D eigenvalue weighted by Crippen LogP contribution is 2.23. The number of amides is 1. The van der Waals surface area contributed by atoms with E-state index < -0.39 is 15.9 Å². The molecule has 0 spiro atoms. The van der Waals surface area contributed by atoms with Crippen LogP contribution in [0.1, 0.15) is 12.5 Å². The van der Waals surface area contributed by atoms with E-state index in [1.165, 1.54) is 24.3 Å². The van der Waals surface area contributed by atoms with Crippen LogP contribution in [-0.2, 0) is 14.6 Å². The lowest BCUT2D eigenvalue weighted by Gasteiger charge is -2.16. The second-order valence-corrected chi connectivity index (χ2v) is 7.91. The number of benzene rings is 2. The van der Waals surface area contributed by atoms with E-state index in [1.54, 1.807) is 25.1 Å². The van der Waals surface area contributed by atoms with E-state index in [2.05, 4.69) is 5.32 Å². The van der Waals surface area contributed by atoms with Gasteiger partial charge in [-0.1, -0.05) is 11.6 Å². The summed E-state index contributed by atoms with van der Waals surface area (Å²) in [5, 5.41) is 3.29. The maximum Gasteiger partial charge on any atom is 0.265 e. The molecule has 2 rings (SSSR count). The van der Waals surface area contributed by atoms with E-state index in [0.29, 0.717) is 16.5 Å². The quantitative estimate of drug-likeness (QED) is 0.878. The monoisotopic (exact) mass is 367 g/mol. The summed E-state index contributed by atoms with van der Waals surface area (Å²) in [5.74, 6) is 0.242. The molecule has 0 aromatic heterocycles. The number of ether oxygens (including phenoxy) is 1. The molecule has 0 saturated heterocycles. The summed E-state index contributed by atoms with van der Waals surface area (Å²) < 4.78 is 28.5. The first-order chi connectivity index (χ1) is 11.2. The third-order valence-corrected chi connectivity index (χ3v) is 4.72. The Morgan fingerprint density at radius 1 is 1.17 bits per heavy atom. The molecule has 1 unspecified atom stereocenters. The van der Waals surface area contributed by atoms with E-state index in [1.807, 2.05) is 6.92 Å². The van der Waals surface area contributed by atoms with Gasteiger partial charge in [-0.2, -0.15) is 0 Å². The Hall–Kier alpha value is -2.05.